The Hall–Kier alpha value is -1.55. The van der Waals surface area contributed by atoms with Crippen molar-refractivity contribution in [3.63, 3.8) is 0 Å². The zero-order chi connectivity index (χ0) is 10.6. The fourth-order valence-corrected chi connectivity index (χ4v) is 1.10. The van der Waals surface area contributed by atoms with Crippen LogP contribution in [0, 0.1) is 0 Å². The number of Topliss-reactive ketones (excluding diaryl/α,β-unsaturated/α-hetero) is 1. The lowest BCUT2D eigenvalue weighted by Crippen LogP contribution is -2.02. The molecule has 0 saturated carbocycles. The molecule has 0 aromatic heterocycles. The minimum Gasteiger partial charge on any atom is -0.508 e. The van der Waals surface area contributed by atoms with Crippen LogP contribution in [0.4, 0.5) is 0 Å². The Labute approximate surface area is 81.8 Å². The van der Waals surface area contributed by atoms with Crippen LogP contribution in [0.15, 0.2) is 18.2 Å². The first kappa shape index (κ1) is 10.5. The summed E-state index contributed by atoms with van der Waals surface area (Å²) in [6.07, 6.45) is 0.236. The SMILES string of the molecule is COCCC(=O)c1cc(O)cc(O)c1. The predicted molar refractivity (Wildman–Crippen MR) is 50.6 cm³/mol. The Morgan fingerprint density at radius 1 is 1.29 bits per heavy atom. The van der Waals surface area contributed by atoms with Crippen LogP contribution < -0.4 is 0 Å². The summed E-state index contributed by atoms with van der Waals surface area (Å²) in [5.41, 5.74) is 0.291. The second-order valence-corrected chi connectivity index (χ2v) is 2.90. The van der Waals surface area contributed by atoms with Crippen molar-refractivity contribution >= 4 is 5.78 Å². The highest BCUT2D eigenvalue weighted by molar-refractivity contribution is 5.96. The highest BCUT2D eigenvalue weighted by Crippen LogP contribution is 2.21. The van der Waals surface area contributed by atoms with E-state index in [1.807, 2.05) is 0 Å². The lowest BCUT2D eigenvalue weighted by molar-refractivity contribution is 0.0931. The molecule has 1 rings (SSSR count). The molecule has 4 nitrogen and oxygen atoms in total. The quantitative estimate of drug-likeness (QED) is 0.712. The number of phenolic OH excluding ortho intramolecular Hbond substituents is 2. The maximum absolute atomic E-state index is 11.4. The molecule has 14 heavy (non-hydrogen) atoms. The van der Waals surface area contributed by atoms with Gasteiger partial charge in [-0.05, 0) is 12.1 Å². The van der Waals surface area contributed by atoms with Gasteiger partial charge in [-0.15, -0.1) is 0 Å². The zero-order valence-electron chi connectivity index (χ0n) is 7.86. The lowest BCUT2D eigenvalue weighted by Gasteiger charge is -2.02. The number of carbonyl (C=O) groups excluding carboxylic acids is 1. The van der Waals surface area contributed by atoms with Crippen molar-refractivity contribution in [2.75, 3.05) is 13.7 Å². The molecule has 0 aliphatic carbocycles. The average Bonchev–Trinajstić information content (AvgIpc) is 2.12. The third kappa shape index (κ3) is 2.74. The van der Waals surface area contributed by atoms with Gasteiger partial charge in [-0.2, -0.15) is 0 Å². The Bertz CT molecular complexity index is 313. The van der Waals surface area contributed by atoms with Crippen LogP contribution in [0.3, 0.4) is 0 Å². The van der Waals surface area contributed by atoms with Crippen molar-refractivity contribution < 1.29 is 19.7 Å². The first-order valence-electron chi connectivity index (χ1n) is 4.18. The summed E-state index contributed by atoms with van der Waals surface area (Å²) >= 11 is 0. The molecule has 4 heteroatoms. The normalized spacial score (nSPS) is 10.1. The van der Waals surface area contributed by atoms with Gasteiger partial charge in [0.2, 0.25) is 0 Å². The summed E-state index contributed by atoms with van der Waals surface area (Å²) in [4.78, 5) is 11.4. The van der Waals surface area contributed by atoms with Crippen LogP contribution in [0.5, 0.6) is 11.5 Å². The molecule has 1 aromatic rings. The smallest absolute Gasteiger partial charge is 0.165 e. The monoisotopic (exact) mass is 196 g/mol. The van der Waals surface area contributed by atoms with E-state index in [0.29, 0.717) is 12.2 Å². The molecule has 76 valence electrons. The van der Waals surface area contributed by atoms with Gasteiger partial charge in [0.1, 0.15) is 11.5 Å². The van der Waals surface area contributed by atoms with Gasteiger partial charge in [-0.3, -0.25) is 4.79 Å². The van der Waals surface area contributed by atoms with Crippen molar-refractivity contribution in [2.24, 2.45) is 0 Å². The van der Waals surface area contributed by atoms with Crippen LogP contribution in [0.1, 0.15) is 16.8 Å². The molecule has 0 saturated heterocycles. The Morgan fingerprint density at radius 3 is 2.36 bits per heavy atom. The number of carbonyl (C=O) groups is 1. The van der Waals surface area contributed by atoms with Gasteiger partial charge in [0.15, 0.2) is 5.78 Å². The molecular weight excluding hydrogens is 184 g/mol. The Balaban J connectivity index is 2.79. The third-order valence-electron chi connectivity index (χ3n) is 1.76. The summed E-state index contributed by atoms with van der Waals surface area (Å²) < 4.78 is 4.75. The van der Waals surface area contributed by atoms with Crippen molar-refractivity contribution in [3.05, 3.63) is 23.8 Å². The number of benzene rings is 1. The van der Waals surface area contributed by atoms with E-state index in [4.69, 9.17) is 14.9 Å². The fraction of sp³-hybridized carbons (Fsp3) is 0.300. The van der Waals surface area contributed by atoms with E-state index in [2.05, 4.69) is 0 Å². The second kappa shape index (κ2) is 4.62. The molecular formula is C10H12O4. The summed E-state index contributed by atoms with van der Waals surface area (Å²) in [6, 6.07) is 3.81. The molecule has 0 heterocycles. The van der Waals surface area contributed by atoms with Crippen LogP contribution in [-0.4, -0.2) is 29.7 Å². The molecule has 0 unspecified atom stereocenters. The summed E-state index contributed by atoms with van der Waals surface area (Å²) in [7, 11) is 1.51. The van der Waals surface area contributed by atoms with E-state index >= 15 is 0 Å². The van der Waals surface area contributed by atoms with E-state index < -0.39 is 0 Å². The molecule has 0 radical (unpaired) electrons. The Morgan fingerprint density at radius 2 is 1.86 bits per heavy atom. The van der Waals surface area contributed by atoms with Crippen molar-refractivity contribution in [1.29, 1.82) is 0 Å². The molecule has 0 aliphatic rings. The maximum atomic E-state index is 11.4. The summed E-state index contributed by atoms with van der Waals surface area (Å²) in [6.45, 7) is 0.329. The summed E-state index contributed by atoms with van der Waals surface area (Å²) in [5, 5.41) is 18.2. The minimum atomic E-state index is -0.168. The van der Waals surface area contributed by atoms with E-state index in [0.717, 1.165) is 0 Å². The van der Waals surface area contributed by atoms with E-state index in [1.54, 1.807) is 0 Å². The topological polar surface area (TPSA) is 66.8 Å². The third-order valence-corrected chi connectivity index (χ3v) is 1.76. The van der Waals surface area contributed by atoms with Gasteiger partial charge < -0.3 is 14.9 Å². The van der Waals surface area contributed by atoms with E-state index in [9.17, 15) is 4.79 Å². The standard InChI is InChI=1S/C10H12O4/c1-14-3-2-10(13)7-4-8(11)6-9(12)5-7/h4-6,11-12H,2-3H2,1H3. The van der Waals surface area contributed by atoms with Gasteiger partial charge in [0, 0.05) is 25.2 Å². The molecule has 0 fully saturated rings. The van der Waals surface area contributed by atoms with Gasteiger partial charge in [-0.1, -0.05) is 0 Å². The Kier molecular flexibility index (Phi) is 3.48. The second-order valence-electron chi connectivity index (χ2n) is 2.90. The van der Waals surface area contributed by atoms with Crippen LogP contribution in [-0.2, 0) is 4.74 Å². The number of rotatable bonds is 4. The molecule has 0 spiro atoms. The molecule has 2 N–H and O–H groups in total. The summed E-state index contributed by atoms with van der Waals surface area (Å²) in [5.74, 6) is -0.408. The number of ether oxygens (including phenoxy) is 1. The molecule has 0 atom stereocenters. The molecule has 0 aliphatic heterocycles. The van der Waals surface area contributed by atoms with Gasteiger partial charge in [-0.25, -0.2) is 0 Å². The first-order valence-corrected chi connectivity index (χ1v) is 4.18. The number of aromatic hydroxyl groups is 2. The van der Waals surface area contributed by atoms with Gasteiger partial charge in [0.05, 0.1) is 6.61 Å². The van der Waals surface area contributed by atoms with Crippen LogP contribution in [0.2, 0.25) is 0 Å². The number of hydrogen-bond acceptors (Lipinski definition) is 4. The fourth-order valence-electron chi connectivity index (χ4n) is 1.10. The predicted octanol–water partition coefficient (Wildman–Crippen LogP) is 1.32. The van der Waals surface area contributed by atoms with E-state index in [-0.39, 0.29) is 23.7 Å². The number of ketones is 1. The largest absolute Gasteiger partial charge is 0.508 e. The first-order chi connectivity index (χ1) is 6.63. The van der Waals surface area contributed by atoms with Gasteiger partial charge >= 0.3 is 0 Å². The molecule has 1 aromatic carbocycles. The number of phenols is 2. The van der Waals surface area contributed by atoms with Crippen LogP contribution in [0.25, 0.3) is 0 Å². The minimum absolute atomic E-state index is 0.120. The average molecular weight is 196 g/mol. The highest BCUT2D eigenvalue weighted by atomic mass is 16.5. The van der Waals surface area contributed by atoms with E-state index in [1.165, 1.54) is 25.3 Å². The zero-order valence-corrected chi connectivity index (χ0v) is 7.86. The molecule has 0 bridgehead atoms. The molecule has 0 amide bonds. The van der Waals surface area contributed by atoms with Crippen molar-refractivity contribution in [1.82, 2.24) is 0 Å². The van der Waals surface area contributed by atoms with Crippen molar-refractivity contribution in [2.45, 2.75) is 6.42 Å². The van der Waals surface area contributed by atoms with Crippen molar-refractivity contribution in [3.8, 4) is 11.5 Å². The lowest BCUT2D eigenvalue weighted by atomic mass is 10.1. The van der Waals surface area contributed by atoms with Gasteiger partial charge in [0.25, 0.3) is 0 Å². The van der Waals surface area contributed by atoms with Crippen LogP contribution >= 0.6 is 0 Å². The number of hydrogen-bond donors (Lipinski definition) is 2. The highest BCUT2D eigenvalue weighted by Gasteiger charge is 2.07. The maximum Gasteiger partial charge on any atom is 0.165 e. The number of methoxy groups -OCH3 is 1.